The van der Waals surface area contributed by atoms with Gasteiger partial charge in [0.15, 0.2) is 5.82 Å². The summed E-state index contributed by atoms with van der Waals surface area (Å²) in [5.41, 5.74) is 0. The molecule has 2 rings (SSSR count). The number of aryl methyl sites for hydroxylation is 1. The summed E-state index contributed by atoms with van der Waals surface area (Å²) >= 11 is 0. The molecule has 22 heavy (non-hydrogen) atoms. The van der Waals surface area contributed by atoms with Crippen molar-refractivity contribution in [2.24, 2.45) is 0 Å². The fourth-order valence-corrected chi connectivity index (χ4v) is 1.68. The number of nitrogens with one attached hydrogen (secondary N) is 1. The minimum absolute atomic E-state index is 0.0162. The maximum atomic E-state index is 12.2. The van der Waals surface area contributed by atoms with Crippen molar-refractivity contribution >= 4 is 11.7 Å². The van der Waals surface area contributed by atoms with Crippen LogP contribution in [0.2, 0.25) is 0 Å². The third-order valence-electron chi connectivity index (χ3n) is 2.70. The molecule has 0 aliphatic carbocycles. The van der Waals surface area contributed by atoms with Gasteiger partial charge in [0.1, 0.15) is 5.82 Å². The molecule has 2 aromatic heterocycles. The molecule has 118 valence electrons. The van der Waals surface area contributed by atoms with E-state index in [2.05, 4.69) is 25.0 Å². The van der Waals surface area contributed by atoms with Crippen molar-refractivity contribution in [1.82, 2.24) is 15.1 Å². The van der Waals surface area contributed by atoms with Crippen molar-refractivity contribution < 1.29 is 22.5 Å². The number of alkyl halides is 3. The maximum absolute atomic E-state index is 12.2. The van der Waals surface area contributed by atoms with E-state index in [9.17, 15) is 18.0 Å². The van der Waals surface area contributed by atoms with E-state index in [1.165, 1.54) is 0 Å². The van der Waals surface area contributed by atoms with Crippen molar-refractivity contribution in [3.05, 3.63) is 36.1 Å². The average Bonchev–Trinajstić information content (AvgIpc) is 2.94. The third kappa shape index (κ3) is 4.83. The zero-order chi connectivity index (χ0) is 16.0. The SMILES string of the molecule is O=C(CCCCc1noc(C(F)(F)F)n1)Nc1ccccn1. The second-order valence-electron chi connectivity index (χ2n) is 4.48. The molecule has 9 heteroatoms. The van der Waals surface area contributed by atoms with E-state index in [0.717, 1.165) is 0 Å². The zero-order valence-corrected chi connectivity index (χ0v) is 11.4. The smallest absolute Gasteiger partial charge is 0.329 e. The van der Waals surface area contributed by atoms with Gasteiger partial charge in [-0.2, -0.15) is 18.2 Å². The number of unbranched alkanes of at least 4 members (excludes halogenated alkanes) is 1. The minimum Gasteiger partial charge on any atom is -0.329 e. The third-order valence-corrected chi connectivity index (χ3v) is 2.70. The Kier molecular flexibility index (Phi) is 5.08. The number of aromatic nitrogens is 3. The maximum Gasteiger partial charge on any atom is 0.471 e. The second-order valence-corrected chi connectivity index (χ2v) is 4.48. The normalized spacial score (nSPS) is 11.4. The lowest BCUT2D eigenvalue weighted by Crippen LogP contribution is -2.12. The molecule has 0 saturated heterocycles. The van der Waals surface area contributed by atoms with Crippen molar-refractivity contribution in [2.75, 3.05) is 5.32 Å². The Morgan fingerprint density at radius 3 is 2.73 bits per heavy atom. The number of halogens is 3. The van der Waals surface area contributed by atoms with E-state index in [0.29, 0.717) is 18.7 Å². The molecular formula is C13H13F3N4O2. The Morgan fingerprint density at radius 2 is 2.09 bits per heavy atom. The molecule has 0 radical (unpaired) electrons. The predicted octanol–water partition coefficient (Wildman–Crippen LogP) is 2.83. The number of anilines is 1. The lowest BCUT2D eigenvalue weighted by atomic mass is 10.2. The van der Waals surface area contributed by atoms with Crippen LogP contribution in [0, 0.1) is 0 Å². The first-order chi connectivity index (χ1) is 10.4. The molecule has 0 unspecified atom stereocenters. The standard InChI is InChI=1S/C13H13F3N4O2/c14-13(15,16)12-19-10(20-22-12)6-1-2-7-11(21)18-9-5-3-4-8-17-9/h3-5,8H,1-2,6-7H2,(H,17,18,21). The topological polar surface area (TPSA) is 80.9 Å². The van der Waals surface area contributed by atoms with Gasteiger partial charge in [0, 0.05) is 19.0 Å². The molecule has 1 N–H and O–H groups in total. The summed E-state index contributed by atoms with van der Waals surface area (Å²) in [7, 11) is 0. The summed E-state index contributed by atoms with van der Waals surface area (Å²) in [6.07, 6.45) is -1.64. The molecule has 1 amide bonds. The highest BCUT2D eigenvalue weighted by Crippen LogP contribution is 2.27. The molecular weight excluding hydrogens is 301 g/mol. The van der Waals surface area contributed by atoms with Crippen LogP contribution in [0.5, 0.6) is 0 Å². The molecule has 0 aliphatic rings. The minimum atomic E-state index is -4.63. The Labute approximate surface area is 123 Å². The van der Waals surface area contributed by atoms with Crippen LogP contribution >= 0.6 is 0 Å². The van der Waals surface area contributed by atoms with Gasteiger partial charge >= 0.3 is 12.1 Å². The van der Waals surface area contributed by atoms with Crippen molar-refractivity contribution in [3.8, 4) is 0 Å². The van der Waals surface area contributed by atoms with Crippen molar-refractivity contribution in [2.45, 2.75) is 31.9 Å². The predicted molar refractivity (Wildman–Crippen MR) is 69.7 cm³/mol. The van der Waals surface area contributed by atoms with Crippen LogP contribution in [0.3, 0.4) is 0 Å². The second kappa shape index (κ2) is 7.01. The fraction of sp³-hybridized carbons (Fsp3) is 0.385. The van der Waals surface area contributed by atoms with Crippen LogP contribution in [0.1, 0.15) is 31.0 Å². The Bertz CT molecular complexity index is 613. The number of carbonyl (C=O) groups is 1. The van der Waals surface area contributed by atoms with Gasteiger partial charge in [0.2, 0.25) is 5.91 Å². The highest BCUT2D eigenvalue weighted by Gasteiger charge is 2.38. The Morgan fingerprint density at radius 1 is 1.27 bits per heavy atom. The van der Waals surface area contributed by atoms with Crippen LogP contribution in [-0.4, -0.2) is 21.0 Å². The first-order valence-corrected chi connectivity index (χ1v) is 6.56. The van der Waals surface area contributed by atoms with Crippen LogP contribution in [-0.2, 0) is 17.4 Å². The summed E-state index contributed by atoms with van der Waals surface area (Å²) in [6, 6.07) is 5.14. The zero-order valence-electron chi connectivity index (χ0n) is 11.4. The summed E-state index contributed by atoms with van der Waals surface area (Å²) < 4.78 is 40.9. The van der Waals surface area contributed by atoms with Crippen LogP contribution < -0.4 is 5.32 Å². The van der Waals surface area contributed by atoms with Gasteiger partial charge in [0.25, 0.3) is 0 Å². The van der Waals surface area contributed by atoms with Gasteiger partial charge in [-0.3, -0.25) is 4.79 Å². The molecule has 0 fully saturated rings. The number of pyridine rings is 1. The monoisotopic (exact) mass is 314 g/mol. The van der Waals surface area contributed by atoms with E-state index >= 15 is 0 Å². The number of nitrogens with zero attached hydrogens (tertiary/aromatic N) is 3. The van der Waals surface area contributed by atoms with E-state index in [1.54, 1.807) is 24.4 Å². The molecule has 0 saturated carbocycles. The molecule has 6 nitrogen and oxygen atoms in total. The summed E-state index contributed by atoms with van der Waals surface area (Å²) in [5, 5.41) is 5.87. The molecule has 0 aromatic carbocycles. The van der Waals surface area contributed by atoms with Gasteiger partial charge in [-0.05, 0) is 25.0 Å². The number of rotatable bonds is 6. The molecule has 0 bridgehead atoms. The van der Waals surface area contributed by atoms with Gasteiger partial charge in [-0.25, -0.2) is 4.98 Å². The Hall–Kier alpha value is -2.45. The van der Waals surface area contributed by atoms with E-state index in [-0.39, 0.29) is 24.6 Å². The van der Waals surface area contributed by atoms with E-state index in [1.807, 2.05) is 0 Å². The summed E-state index contributed by atoms with van der Waals surface area (Å²) in [6.45, 7) is 0. The number of hydrogen-bond acceptors (Lipinski definition) is 5. The summed E-state index contributed by atoms with van der Waals surface area (Å²) in [5.74, 6) is -1.11. The van der Waals surface area contributed by atoms with Crippen LogP contribution in [0.4, 0.5) is 19.0 Å². The Balaban J connectivity index is 1.69. The largest absolute Gasteiger partial charge is 0.471 e. The lowest BCUT2D eigenvalue weighted by Gasteiger charge is -2.03. The van der Waals surface area contributed by atoms with Gasteiger partial charge in [-0.1, -0.05) is 11.2 Å². The highest BCUT2D eigenvalue weighted by molar-refractivity contribution is 5.89. The highest BCUT2D eigenvalue weighted by atomic mass is 19.4. The van der Waals surface area contributed by atoms with E-state index < -0.39 is 12.1 Å². The molecule has 0 aliphatic heterocycles. The quantitative estimate of drug-likeness (QED) is 0.829. The fourth-order valence-electron chi connectivity index (χ4n) is 1.68. The first kappa shape index (κ1) is 15.9. The average molecular weight is 314 g/mol. The molecule has 2 heterocycles. The lowest BCUT2D eigenvalue weighted by molar-refractivity contribution is -0.159. The van der Waals surface area contributed by atoms with Crippen molar-refractivity contribution in [1.29, 1.82) is 0 Å². The van der Waals surface area contributed by atoms with Crippen LogP contribution in [0.25, 0.3) is 0 Å². The number of hydrogen-bond donors (Lipinski definition) is 1. The summed E-state index contributed by atoms with van der Waals surface area (Å²) in [4.78, 5) is 18.8. The number of amides is 1. The molecule has 2 aromatic rings. The van der Waals surface area contributed by atoms with E-state index in [4.69, 9.17) is 0 Å². The van der Waals surface area contributed by atoms with Gasteiger partial charge in [0.05, 0.1) is 0 Å². The number of carbonyl (C=O) groups excluding carboxylic acids is 1. The van der Waals surface area contributed by atoms with Gasteiger partial charge < -0.3 is 9.84 Å². The first-order valence-electron chi connectivity index (χ1n) is 6.56. The van der Waals surface area contributed by atoms with Crippen LogP contribution in [0.15, 0.2) is 28.9 Å². The molecule has 0 atom stereocenters. The van der Waals surface area contributed by atoms with Crippen molar-refractivity contribution in [3.63, 3.8) is 0 Å². The van der Waals surface area contributed by atoms with Gasteiger partial charge in [-0.15, -0.1) is 0 Å². The molecule has 0 spiro atoms.